The number of carbonyl (C=O) groups is 2. The zero-order chi connectivity index (χ0) is 21.5. The van der Waals surface area contributed by atoms with Gasteiger partial charge in [0.15, 0.2) is 0 Å². The standard InChI is InChI=1S/C24H27N3O2S2/c28-23(25-17-20(21-10-6-14-30-21)27-12-4-5-13-27)19(16-18-8-2-1-3-9-18)26-24(29)22-11-7-15-31-22/h1-3,6-11,14-15,19-20H,4-5,12-13,16-17H2,(H,25,28)(H,26,29). The Morgan fingerprint density at radius 1 is 0.935 bits per heavy atom. The molecule has 0 bridgehead atoms. The normalized spacial score (nSPS) is 16.0. The molecule has 2 aromatic heterocycles. The van der Waals surface area contributed by atoms with Crippen molar-refractivity contribution >= 4 is 34.5 Å². The molecule has 2 amide bonds. The lowest BCUT2D eigenvalue weighted by Crippen LogP contribution is -2.49. The second kappa shape index (κ2) is 10.7. The Balaban J connectivity index is 1.45. The lowest BCUT2D eigenvalue weighted by molar-refractivity contribution is -0.123. The maximum absolute atomic E-state index is 13.2. The highest BCUT2D eigenvalue weighted by molar-refractivity contribution is 7.12. The van der Waals surface area contributed by atoms with Gasteiger partial charge in [0, 0.05) is 17.8 Å². The van der Waals surface area contributed by atoms with Gasteiger partial charge >= 0.3 is 0 Å². The minimum absolute atomic E-state index is 0.144. The maximum atomic E-state index is 13.2. The number of carbonyl (C=O) groups excluding carboxylic acids is 2. The summed E-state index contributed by atoms with van der Waals surface area (Å²) in [6, 6.07) is 17.2. The molecule has 0 saturated carbocycles. The predicted molar refractivity (Wildman–Crippen MR) is 127 cm³/mol. The number of nitrogens with one attached hydrogen (secondary N) is 2. The first-order chi connectivity index (χ1) is 15.2. The maximum Gasteiger partial charge on any atom is 0.262 e. The van der Waals surface area contributed by atoms with Crippen LogP contribution >= 0.6 is 22.7 Å². The van der Waals surface area contributed by atoms with Gasteiger partial charge in [-0.2, -0.15) is 0 Å². The fourth-order valence-electron chi connectivity index (χ4n) is 3.96. The third kappa shape index (κ3) is 5.81. The molecule has 1 aromatic carbocycles. The van der Waals surface area contributed by atoms with E-state index in [0.29, 0.717) is 17.8 Å². The lowest BCUT2D eigenvalue weighted by atomic mass is 10.0. The van der Waals surface area contributed by atoms with E-state index in [1.165, 1.54) is 29.1 Å². The van der Waals surface area contributed by atoms with Crippen molar-refractivity contribution in [2.24, 2.45) is 0 Å². The van der Waals surface area contributed by atoms with E-state index >= 15 is 0 Å². The first-order valence-electron chi connectivity index (χ1n) is 10.6. The van der Waals surface area contributed by atoms with Crippen molar-refractivity contribution in [3.63, 3.8) is 0 Å². The molecule has 3 aromatic rings. The minimum Gasteiger partial charge on any atom is -0.352 e. The van der Waals surface area contributed by atoms with E-state index in [1.54, 1.807) is 17.4 Å². The van der Waals surface area contributed by atoms with Gasteiger partial charge in [0.1, 0.15) is 6.04 Å². The van der Waals surface area contributed by atoms with E-state index in [9.17, 15) is 9.59 Å². The molecule has 7 heteroatoms. The van der Waals surface area contributed by atoms with Crippen LogP contribution in [0.4, 0.5) is 0 Å². The summed E-state index contributed by atoms with van der Waals surface area (Å²) in [6.45, 7) is 2.65. The third-order valence-corrected chi connectivity index (χ3v) is 7.41. The fraction of sp³-hybridized carbons (Fsp3) is 0.333. The number of nitrogens with zero attached hydrogens (tertiary/aromatic N) is 1. The predicted octanol–water partition coefficient (Wildman–Crippen LogP) is 4.10. The van der Waals surface area contributed by atoms with E-state index in [0.717, 1.165) is 18.7 Å². The Morgan fingerprint density at radius 3 is 2.35 bits per heavy atom. The third-order valence-electron chi connectivity index (χ3n) is 5.57. The van der Waals surface area contributed by atoms with Crippen molar-refractivity contribution in [2.75, 3.05) is 19.6 Å². The molecule has 4 rings (SSSR count). The van der Waals surface area contributed by atoms with E-state index in [2.05, 4.69) is 33.0 Å². The van der Waals surface area contributed by atoms with Crippen LogP contribution in [0.15, 0.2) is 65.4 Å². The summed E-state index contributed by atoms with van der Waals surface area (Å²) in [5, 5.41) is 10.0. The molecule has 0 radical (unpaired) electrons. The smallest absolute Gasteiger partial charge is 0.262 e. The number of thiophene rings is 2. The van der Waals surface area contributed by atoms with Crippen LogP contribution in [0, 0.1) is 0 Å². The van der Waals surface area contributed by atoms with Gasteiger partial charge in [0.2, 0.25) is 5.91 Å². The molecule has 0 spiro atoms. The van der Waals surface area contributed by atoms with Crippen LogP contribution in [0.2, 0.25) is 0 Å². The van der Waals surface area contributed by atoms with Gasteiger partial charge in [-0.1, -0.05) is 42.5 Å². The van der Waals surface area contributed by atoms with Crippen molar-refractivity contribution in [1.29, 1.82) is 0 Å². The number of rotatable bonds is 9. The molecule has 1 aliphatic rings. The minimum atomic E-state index is -0.625. The summed E-state index contributed by atoms with van der Waals surface area (Å²) >= 11 is 3.10. The van der Waals surface area contributed by atoms with E-state index in [-0.39, 0.29) is 17.9 Å². The molecule has 3 heterocycles. The van der Waals surface area contributed by atoms with E-state index < -0.39 is 6.04 Å². The summed E-state index contributed by atoms with van der Waals surface area (Å²) in [6.07, 6.45) is 2.85. The Labute approximate surface area is 191 Å². The first-order valence-corrected chi connectivity index (χ1v) is 12.4. The molecule has 31 heavy (non-hydrogen) atoms. The zero-order valence-corrected chi connectivity index (χ0v) is 19.0. The molecule has 1 fully saturated rings. The van der Waals surface area contributed by atoms with Gasteiger partial charge in [-0.25, -0.2) is 0 Å². The van der Waals surface area contributed by atoms with Crippen LogP contribution < -0.4 is 10.6 Å². The Kier molecular flexibility index (Phi) is 7.51. The molecule has 1 saturated heterocycles. The van der Waals surface area contributed by atoms with Gasteiger partial charge in [-0.3, -0.25) is 14.5 Å². The number of benzene rings is 1. The molecule has 2 atom stereocenters. The SMILES string of the molecule is O=C(NC(Cc1ccccc1)C(=O)NCC(c1cccs1)N1CCCC1)c1cccs1. The summed E-state index contributed by atoms with van der Waals surface area (Å²) in [5.74, 6) is -0.352. The van der Waals surface area contributed by atoms with Crippen molar-refractivity contribution in [1.82, 2.24) is 15.5 Å². The van der Waals surface area contributed by atoms with Crippen LogP contribution in [-0.2, 0) is 11.2 Å². The summed E-state index contributed by atoms with van der Waals surface area (Å²) in [7, 11) is 0. The second-order valence-corrected chi connectivity index (χ2v) is 9.64. The molecular formula is C24H27N3O2S2. The van der Waals surface area contributed by atoms with Crippen molar-refractivity contribution < 1.29 is 9.59 Å². The van der Waals surface area contributed by atoms with Crippen LogP contribution in [0.3, 0.4) is 0 Å². The number of amides is 2. The molecule has 1 aliphatic heterocycles. The molecule has 5 nitrogen and oxygen atoms in total. The highest BCUT2D eigenvalue weighted by Gasteiger charge is 2.27. The summed E-state index contributed by atoms with van der Waals surface area (Å²) < 4.78 is 0. The molecular weight excluding hydrogens is 426 g/mol. The Morgan fingerprint density at radius 2 is 1.68 bits per heavy atom. The van der Waals surface area contributed by atoms with Crippen molar-refractivity contribution in [3.8, 4) is 0 Å². The highest BCUT2D eigenvalue weighted by Crippen LogP contribution is 2.27. The average Bonchev–Trinajstić information content (AvgIpc) is 3.58. The first kappa shape index (κ1) is 21.7. The number of likely N-dealkylation sites (tertiary alicyclic amines) is 1. The van der Waals surface area contributed by atoms with Crippen LogP contribution in [0.1, 0.15) is 39.0 Å². The van der Waals surface area contributed by atoms with Crippen LogP contribution in [-0.4, -0.2) is 42.4 Å². The lowest BCUT2D eigenvalue weighted by Gasteiger charge is -2.28. The van der Waals surface area contributed by atoms with Gasteiger partial charge in [-0.05, 0) is 54.4 Å². The van der Waals surface area contributed by atoms with Crippen LogP contribution in [0.5, 0.6) is 0 Å². The molecule has 2 unspecified atom stereocenters. The second-order valence-electron chi connectivity index (χ2n) is 7.71. The number of hydrogen-bond donors (Lipinski definition) is 2. The Bertz CT molecular complexity index is 952. The topological polar surface area (TPSA) is 61.4 Å². The van der Waals surface area contributed by atoms with Crippen molar-refractivity contribution in [2.45, 2.75) is 31.3 Å². The van der Waals surface area contributed by atoms with Crippen molar-refractivity contribution in [3.05, 3.63) is 80.7 Å². The fourth-order valence-corrected chi connectivity index (χ4v) is 5.45. The van der Waals surface area contributed by atoms with Crippen LogP contribution in [0.25, 0.3) is 0 Å². The number of hydrogen-bond acceptors (Lipinski definition) is 5. The van der Waals surface area contributed by atoms with E-state index in [1.807, 2.05) is 41.8 Å². The highest BCUT2D eigenvalue weighted by atomic mass is 32.1. The summed E-state index contributed by atoms with van der Waals surface area (Å²) in [5.41, 5.74) is 1.02. The quantitative estimate of drug-likeness (QED) is 0.513. The van der Waals surface area contributed by atoms with Gasteiger partial charge in [0.05, 0.1) is 10.9 Å². The monoisotopic (exact) mass is 453 g/mol. The van der Waals surface area contributed by atoms with Gasteiger partial charge < -0.3 is 10.6 Å². The largest absolute Gasteiger partial charge is 0.352 e. The zero-order valence-electron chi connectivity index (χ0n) is 17.3. The molecule has 162 valence electrons. The average molecular weight is 454 g/mol. The van der Waals surface area contributed by atoms with E-state index in [4.69, 9.17) is 0 Å². The summed E-state index contributed by atoms with van der Waals surface area (Å²) in [4.78, 5) is 30.2. The van der Waals surface area contributed by atoms with Gasteiger partial charge in [0.25, 0.3) is 5.91 Å². The molecule has 2 N–H and O–H groups in total. The molecule has 0 aliphatic carbocycles. The Hall–Kier alpha value is -2.48. The van der Waals surface area contributed by atoms with Gasteiger partial charge in [-0.15, -0.1) is 22.7 Å².